The molecule has 3 aromatic rings. The van der Waals surface area contributed by atoms with Crippen LogP contribution in [0.25, 0.3) is 17.3 Å². The lowest BCUT2D eigenvalue weighted by atomic mass is 10.0. The van der Waals surface area contributed by atoms with Crippen LogP contribution in [0.1, 0.15) is 17.0 Å². The normalized spacial score (nSPS) is 15.0. The van der Waals surface area contributed by atoms with Gasteiger partial charge in [0.1, 0.15) is 18.1 Å². The molecule has 0 bridgehead atoms. The van der Waals surface area contributed by atoms with Crippen molar-refractivity contribution in [3.63, 3.8) is 0 Å². The van der Waals surface area contributed by atoms with E-state index in [0.29, 0.717) is 0 Å². The zero-order chi connectivity index (χ0) is 19.9. The Labute approximate surface area is 166 Å². The molecule has 0 fully saturated rings. The predicted octanol–water partition coefficient (Wildman–Crippen LogP) is 4.40. The van der Waals surface area contributed by atoms with Gasteiger partial charge in [0.15, 0.2) is 0 Å². The standard InChI is InChI=1S/C23H27N4O/c1-16-24-14-21(26(16)2)18-10-11-20(22(12-18)28-5)25-23-13-17-8-6-7-9-19(17)15-27(23,3)4/h6-14,25H,15H2,1-5H3/q+1. The minimum Gasteiger partial charge on any atom is -0.495 e. The van der Waals surface area contributed by atoms with Crippen LogP contribution in [0.5, 0.6) is 5.75 Å². The van der Waals surface area contributed by atoms with Gasteiger partial charge in [0, 0.05) is 24.3 Å². The van der Waals surface area contributed by atoms with Crippen LogP contribution in [0.2, 0.25) is 0 Å². The molecule has 0 atom stereocenters. The van der Waals surface area contributed by atoms with Gasteiger partial charge in [-0.1, -0.05) is 30.3 Å². The molecule has 0 unspecified atom stereocenters. The number of aromatic nitrogens is 2. The Morgan fingerprint density at radius 1 is 1.14 bits per heavy atom. The highest BCUT2D eigenvalue weighted by Crippen LogP contribution is 2.35. The topological polar surface area (TPSA) is 39.1 Å². The second kappa shape index (κ2) is 6.84. The number of ether oxygens (including phenoxy) is 1. The number of nitrogens with one attached hydrogen (secondary N) is 1. The first-order valence-electron chi connectivity index (χ1n) is 9.46. The molecule has 0 amide bonds. The summed E-state index contributed by atoms with van der Waals surface area (Å²) in [5, 5.41) is 3.62. The van der Waals surface area contributed by atoms with E-state index in [1.54, 1.807) is 7.11 Å². The predicted molar refractivity (Wildman–Crippen MR) is 114 cm³/mol. The molecule has 2 heterocycles. The molecule has 1 aliphatic heterocycles. The molecule has 0 radical (unpaired) electrons. The summed E-state index contributed by atoms with van der Waals surface area (Å²) < 4.78 is 8.55. The van der Waals surface area contributed by atoms with Gasteiger partial charge in [-0.2, -0.15) is 0 Å². The van der Waals surface area contributed by atoms with E-state index in [1.165, 1.54) is 11.1 Å². The van der Waals surface area contributed by atoms with E-state index in [0.717, 1.165) is 45.4 Å². The van der Waals surface area contributed by atoms with Crippen molar-refractivity contribution >= 4 is 11.8 Å². The van der Waals surface area contributed by atoms with Crippen molar-refractivity contribution in [1.29, 1.82) is 0 Å². The molecule has 0 aliphatic carbocycles. The van der Waals surface area contributed by atoms with E-state index < -0.39 is 0 Å². The summed E-state index contributed by atoms with van der Waals surface area (Å²) in [6, 6.07) is 14.8. The number of fused-ring (bicyclic) bond motifs is 1. The molecule has 0 spiro atoms. The van der Waals surface area contributed by atoms with Crippen LogP contribution in [0.4, 0.5) is 5.69 Å². The second-order valence-electron chi connectivity index (χ2n) is 7.86. The minimum absolute atomic E-state index is 0.753. The molecular formula is C23H27N4O+. The largest absolute Gasteiger partial charge is 0.495 e. The van der Waals surface area contributed by atoms with Gasteiger partial charge in [-0.25, -0.2) is 4.98 Å². The first-order chi connectivity index (χ1) is 13.4. The molecule has 5 nitrogen and oxygen atoms in total. The van der Waals surface area contributed by atoms with Crippen molar-refractivity contribution < 1.29 is 9.22 Å². The van der Waals surface area contributed by atoms with Gasteiger partial charge in [-0.05, 0) is 24.6 Å². The summed E-state index contributed by atoms with van der Waals surface area (Å²) in [6.07, 6.45) is 4.13. The molecule has 1 aromatic heterocycles. The van der Waals surface area contributed by atoms with Gasteiger partial charge < -0.3 is 14.6 Å². The van der Waals surface area contributed by atoms with Crippen molar-refractivity contribution in [1.82, 2.24) is 9.55 Å². The number of imidazole rings is 1. The first-order valence-corrected chi connectivity index (χ1v) is 9.46. The van der Waals surface area contributed by atoms with Crippen LogP contribution >= 0.6 is 0 Å². The van der Waals surface area contributed by atoms with E-state index in [-0.39, 0.29) is 0 Å². The van der Waals surface area contributed by atoms with Crippen LogP contribution in [0.3, 0.4) is 0 Å². The van der Waals surface area contributed by atoms with Crippen molar-refractivity contribution in [2.45, 2.75) is 13.5 Å². The Morgan fingerprint density at radius 3 is 2.64 bits per heavy atom. The van der Waals surface area contributed by atoms with Crippen LogP contribution in [-0.2, 0) is 13.6 Å². The van der Waals surface area contributed by atoms with Gasteiger partial charge in [0.2, 0.25) is 5.82 Å². The summed E-state index contributed by atoms with van der Waals surface area (Å²) in [5.74, 6) is 2.94. The number of rotatable bonds is 4. The molecule has 2 aromatic carbocycles. The van der Waals surface area contributed by atoms with Gasteiger partial charge in [0.05, 0.1) is 38.8 Å². The zero-order valence-corrected chi connectivity index (χ0v) is 17.2. The zero-order valence-electron chi connectivity index (χ0n) is 17.2. The van der Waals surface area contributed by atoms with E-state index in [2.05, 4.69) is 77.5 Å². The molecular weight excluding hydrogens is 348 g/mol. The number of hydrogen-bond acceptors (Lipinski definition) is 3. The highest BCUT2D eigenvalue weighted by Gasteiger charge is 2.29. The van der Waals surface area contributed by atoms with Crippen LogP contribution in [-0.4, -0.2) is 35.2 Å². The third kappa shape index (κ3) is 3.18. The Kier molecular flexibility index (Phi) is 4.47. The number of quaternary nitrogens is 1. The average Bonchev–Trinajstić information content (AvgIpc) is 3.01. The number of benzene rings is 2. The number of anilines is 1. The lowest BCUT2D eigenvalue weighted by molar-refractivity contribution is -0.864. The highest BCUT2D eigenvalue weighted by atomic mass is 16.5. The summed E-state index contributed by atoms with van der Waals surface area (Å²) in [6.45, 7) is 2.95. The molecule has 4 rings (SSSR count). The number of hydrogen-bond donors (Lipinski definition) is 1. The average molecular weight is 375 g/mol. The fraction of sp³-hybridized carbons (Fsp3) is 0.261. The fourth-order valence-electron chi connectivity index (χ4n) is 3.70. The molecule has 1 aliphatic rings. The van der Waals surface area contributed by atoms with Crippen molar-refractivity contribution in [3.8, 4) is 17.0 Å². The monoisotopic (exact) mass is 375 g/mol. The maximum absolute atomic E-state index is 5.71. The van der Waals surface area contributed by atoms with E-state index in [1.807, 2.05) is 20.2 Å². The summed E-state index contributed by atoms with van der Waals surface area (Å²) in [4.78, 5) is 4.40. The van der Waals surface area contributed by atoms with E-state index >= 15 is 0 Å². The molecule has 0 saturated carbocycles. The summed E-state index contributed by atoms with van der Waals surface area (Å²) in [7, 11) is 8.17. The Bertz CT molecular complexity index is 1060. The Morgan fingerprint density at radius 2 is 1.93 bits per heavy atom. The molecule has 5 heteroatoms. The van der Waals surface area contributed by atoms with E-state index in [4.69, 9.17) is 4.74 Å². The second-order valence-corrected chi connectivity index (χ2v) is 7.86. The molecule has 1 N–H and O–H groups in total. The molecule has 0 saturated heterocycles. The van der Waals surface area contributed by atoms with Gasteiger partial charge in [-0.3, -0.25) is 4.48 Å². The first kappa shape index (κ1) is 18.3. The third-order valence-electron chi connectivity index (χ3n) is 5.55. The molecule has 28 heavy (non-hydrogen) atoms. The summed E-state index contributed by atoms with van der Waals surface area (Å²) >= 11 is 0. The number of methoxy groups -OCH3 is 1. The number of aryl methyl sites for hydroxylation is 1. The minimum atomic E-state index is 0.753. The van der Waals surface area contributed by atoms with Crippen LogP contribution in [0.15, 0.2) is 54.5 Å². The fourth-order valence-corrected chi connectivity index (χ4v) is 3.70. The summed E-state index contributed by atoms with van der Waals surface area (Å²) in [5.41, 5.74) is 5.75. The number of nitrogens with zero attached hydrogens (tertiary/aromatic N) is 3. The van der Waals surface area contributed by atoms with Gasteiger partial charge in [-0.15, -0.1) is 0 Å². The smallest absolute Gasteiger partial charge is 0.206 e. The van der Waals surface area contributed by atoms with Gasteiger partial charge >= 0.3 is 0 Å². The van der Waals surface area contributed by atoms with E-state index in [9.17, 15) is 0 Å². The third-order valence-corrected chi connectivity index (χ3v) is 5.55. The Hall–Kier alpha value is -3.05. The lowest BCUT2D eigenvalue weighted by Gasteiger charge is -2.35. The maximum atomic E-state index is 5.71. The van der Waals surface area contributed by atoms with Crippen molar-refractivity contribution in [2.75, 3.05) is 26.5 Å². The lowest BCUT2D eigenvalue weighted by Crippen LogP contribution is -2.42. The molecule has 144 valence electrons. The highest BCUT2D eigenvalue weighted by molar-refractivity contribution is 5.71. The maximum Gasteiger partial charge on any atom is 0.206 e. The van der Waals surface area contributed by atoms with Crippen molar-refractivity contribution in [2.24, 2.45) is 7.05 Å². The SMILES string of the molecule is COc1cc(-c2cnc(C)n2C)ccc1NC1=Cc2ccccc2C[N+]1(C)C. The van der Waals surface area contributed by atoms with Crippen LogP contribution < -0.4 is 10.1 Å². The quantitative estimate of drug-likeness (QED) is 0.687. The van der Waals surface area contributed by atoms with Crippen molar-refractivity contribution in [3.05, 3.63) is 71.4 Å². The van der Waals surface area contributed by atoms with Gasteiger partial charge in [0.25, 0.3) is 0 Å². The van der Waals surface area contributed by atoms with Crippen LogP contribution in [0, 0.1) is 6.92 Å². The Balaban J connectivity index is 1.70.